The van der Waals surface area contributed by atoms with Crippen LogP contribution in [0.4, 0.5) is 0 Å². The summed E-state index contributed by atoms with van der Waals surface area (Å²) in [5, 5.41) is 3.69. The third-order valence-corrected chi connectivity index (χ3v) is 3.70. The third kappa shape index (κ3) is 4.48. The van der Waals surface area contributed by atoms with E-state index in [9.17, 15) is 0 Å². The van der Waals surface area contributed by atoms with Crippen molar-refractivity contribution in [1.29, 1.82) is 0 Å². The fraction of sp³-hybridized carbons (Fsp3) is 0.529. The lowest BCUT2D eigenvalue weighted by atomic mass is 9.90. The van der Waals surface area contributed by atoms with Crippen LogP contribution in [-0.4, -0.2) is 20.3 Å². The Kier molecular flexibility index (Phi) is 6.12. The molecule has 0 amide bonds. The zero-order valence-electron chi connectivity index (χ0n) is 11.9. The van der Waals surface area contributed by atoms with E-state index in [4.69, 9.17) is 4.74 Å². The first kappa shape index (κ1) is 14.3. The lowest BCUT2D eigenvalue weighted by molar-refractivity contribution is 0.193. The second-order valence-corrected chi connectivity index (χ2v) is 5.17. The number of hydrogen-bond acceptors (Lipinski definition) is 2. The topological polar surface area (TPSA) is 21.3 Å². The van der Waals surface area contributed by atoms with E-state index in [1.807, 2.05) is 0 Å². The summed E-state index contributed by atoms with van der Waals surface area (Å²) in [7, 11) is 1.76. The van der Waals surface area contributed by atoms with Crippen LogP contribution in [0.5, 0.6) is 0 Å². The maximum absolute atomic E-state index is 5.12. The Labute approximate surface area is 116 Å². The highest BCUT2D eigenvalue weighted by Gasteiger charge is 2.17. The van der Waals surface area contributed by atoms with Crippen LogP contribution in [0.2, 0.25) is 0 Å². The van der Waals surface area contributed by atoms with Crippen LogP contribution in [0, 0.1) is 0 Å². The van der Waals surface area contributed by atoms with Gasteiger partial charge in [0.05, 0.1) is 6.04 Å². The molecule has 0 heterocycles. The number of benzene rings is 1. The minimum absolute atomic E-state index is 0.387. The average Bonchev–Trinajstić information content (AvgIpc) is 2.49. The summed E-state index contributed by atoms with van der Waals surface area (Å²) in [6.45, 7) is 1.83. The van der Waals surface area contributed by atoms with E-state index in [0.29, 0.717) is 6.04 Å². The van der Waals surface area contributed by atoms with E-state index >= 15 is 0 Å². The minimum Gasteiger partial charge on any atom is -0.385 e. The Morgan fingerprint density at radius 1 is 1.21 bits per heavy atom. The molecule has 0 aromatic heterocycles. The Bertz CT molecular complexity index is 386. The molecule has 0 aliphatic heterocycles. The molecular weight excluding hydrogens is 234 g/mol. The second-order valence-electron chi connectivity index (χ2n) is 5.17. The fourth-order valence-electron chi connectivity index (χ4n) is 2.70. The summed E-state index contributed by atoms with van der Waals surface area (Å²) in [6.07, 6.45) is 8.64. The normalized spacial score (nSPS) is 17.0. The van der Waals surface area contributed by atoms with Crippen LogP contribution in [0.15, 0.2) is 42.0 Å². The van der Waals surface area contributed by atoms with Crippen molar-refractivity contribution in [2.24, 2.45) is 0 Å². The highest BCUT2D eigenvalue weighted by atomic mass is 16.5. The van der Waals surface area contributed by atoms with E-state index in [1.165, 1.54) is 31.2 Å². The molecule has 1 aliphatic carbocycles. The Morgan fingerprint density at radius 2 is 2.05 bits per heavy atom. The van der Waals surface area contributed by atoms with Crippen molar-refractivity contribution in [3.05, 3.63) is 47.5 Å². The largest absolute Gasteiger partial charge is 0.385 e. The molecule has 19 heavy (non-hydrogen) atoms. The number of hydrogen-bond donors (Lipinski definition) is 1. The van der Waals surface area contributed by atoms with Gasteiger partial charge in [0.15, 0.2) is 0 Å². The second kappa shape index (κ2) is 8.13. The molecule has 0 spiro atoms. The van der Waals surface area contributed by atoms with Crippen LogP contribution >= 0.6 is 0 Å². The van der Waals surface area contributed by atoms with Crippen LogP contribution < -0.4 is 5.32 Å². The molecule has 2 nitrogen and oxygen atoms in total. The fourth-order valence-corrected chi connectivity index (χ4v) is 2.70. The minimum atomic E-state index is 0.387. The lowest BCUT2D eigenvalue weighted by Crippen LogP contribution is -2.25. The van der Waals surface area contributed by atoms with Crippen LogP contribution in [0.1, 0.15) is 43.7 Å². The summed E-state index contributed by atoms with van der Waals surface area (Å²) < 4.78 is 5.12. The third-order valence-electron chi connectivity index (χ3n) is 3.70. The van der Waals surface area contributed by atoms with Gasteiger partial charge < -0.3 is 10.1 Å². The van der Waals surface area contributed by atoms with Crippen molar-refractivity contribution in [2.75, 3.05) is 20.3 Å². The van der Waals surface area contributed by atoms with E-state index < -0.39 is 0 Å². The van der Waals surface area contributed by atoms with E-state index in [2.05, 4.69) is 41.7 Å². The summed E-state index contributed by atoms with van der Waals surface area (Å²) in [5.41, 5.74) is 2.95. The first-order valence-corrected chi connectivity index (χ1v) is 7.38. The Balaban J connectivity index is 2.02. The maximum atomic E-state index is 5.12. The van der Waals surface area contributed by atoms with Gasteiger partial charge >= 0.3 is 0 Å². The Hall–Kier alpha value is -1.12. The van der Waals surface area contributed by atoms with Gasteiger partial charge in [0.25, 0.3) is 0 Å². The van der Waals surface area contributed by atoms with Gasteiger partial charge in [-0.1, -0.05) is 42.0 Å². The number of allylic oxidation sites excluding steroid dienone is 1. The van der Waals surface area contributed by atoms with E-state index in [-0.39, 0.29) is 0 Å². The highest BCUT2D eigenvalue weighted by Crippen LogP contribution is 2.29. The van der Waals surface area contributed by atoms with Crippen LogP contribution in [0.3, 0.4) is 0 Å². The molecule has 0 bridgehead atoms. The average molecular weight is 259 g/mol. The maximum Gasteiger partial charge on any atom is 0.0536 e. The van der Waals surface area contributed by atoms with Crippen LogP contribution in [-0.2, 0) is 4.74 Å². The molecule has 1 aliphatic rings. The molecule has 1 aromatic rings. The summed E-state index contributed by atoms with van der Waals surface area (Å²) in [5.74, 6) is 0. The van der Waals surface area contributed by atoms with Gasteiger partial charge in [-0.3, -0.25) is 0 Å². The van der Waals surface area contributed by atoms with Crippen molar-refractivity contribution in [3.8, 4) is 0 Å². The number of nitrogens with one attached hydrogen (secondary N) is 1. The first-order chi connectivity index (χ1) is 9.42. The molecule has 2 heteroatoms. The highest BCUT2D eigenvalue weighted by molar-refractivity contribution is 5.28. The first-order valence-electron chi connectivity index (χ1n) is 7.38. The standard InChI is InChI=1S/C17H25NO/c1-19-14-8-13-18-17(15-9-4-2-5-10-15)16-11-6-3-7-12-16/h2,4-5,9-11,17-18H,3,6-8,12-14H2,1H3. The van der Waals surface area contributed by atoms with Crippen molar-refractivity contribution in [3.63, 3.8) is 0 Å². The summed E-state index contributed by atoms with van der Waals surface area (Å²) >= 11 is 0. The smallest absolute Gasteiger partial charge is 0.0536 e. The van der Waals surface area contributed by atoms with E-state index in [0.717, 1.165) is 19.6 Å². The SMILES string of the molecule is COCCCNC(C1=CCCCC1)c1ccccc1. The van der Waals surface area contributed by atoms with Gasteiger partial charge in [0, 0.05) is 13.7 Å². The van der Waals surface area contributed by atoms with Gasteiger partial charge in [-0.2, -0.15) is 0 Å². The number of methoxy groups -OCH3 is 1. The predicted molar refractivity (Wildman–Crippen MR) is 80.2 cm³/mol. The van der Waals surface area contributed by atoms with Crippen molar-refractivity contribution in [2.45, 2.75) is 38.1 Å². The van der Waals surface area contributed by atoms with E-state index in [1.54, 1.807) is 12.7 Å². The molecule has 0 radical (unpaired) electrons. The van der Waals surface area contributed by atoms with Crippen molar-refractivity contribution < 1.29 is 4.74 Å². The van der Waals surface area contributed by atoms with Gasteiger partial charge in [-0.05, 0) is 44.2 Å². The van der Waals surface area contributed by atoms with Gasteiger partial charge in [0.1, 0.15) is 0 Å². The molecular formula is C17H25NO. The molecule has 0 fully saturated rings. The van der Waals surface area contributed by atoms with Gasteiger partial charge in [0.2, 0.25) is 0 Å². The van der Waals surface area contributed by atoms with Gasteiger partial charge in [-0.25, -0.2) is 0 Å². The zero-order chi connectivity index (χ0) is 13.3. The molecule has 104 valence electrons. The van der Waals surface area contributed by atoms with Gasteiger partial charge in [-0.15, -0.1) is 0 Å². The zero-order valence-corrected chi connectivity index (χ0v) is 11.9. The molecule has 1 aromatic carbocycles. The van der Waals surface area contributed by atoms with Crippen LogP contribution in [0.25, 0.3) is 0 Å². The number of ether oxygens (including phenoxy) is 1. The molecule has 2 rings (SSSR count). The van der Waals surface area contributed by atoms with Crippen molar-refractivity contribution in [1.82, 2.24) is 5.32 Å². The molecule has 1 atom stereocenters. The Morgan fingerprint density at radius 3 is 2.74 bits per heavy atom. The number of rotatable bonds is 7. The lowest BCUT2D eigenvalue weighted by Gasteiger charge is -2.25. The van der Waals surface area contributed by atoms with Crippen molar-refractivity contribution >= 4 is 0 Å². The summed E-state index contributed by atoms with van der Waals surface area (Å²) in [6, 6.07) is 11.2. The molecule has 1 unspecified atom stereocenters. The molecule has 1 N–H and O–H groups in total. The molecule has 0 saturated carbocycles. The summed E-state index contributed by atoms with van der Waals surface area (Å²) in [4.78, 5) is 0. The predicted octanol–water partition coefficient (Wildman–Crippen LogP) is 3.85. The quantitative estimate of drug-likeness (QED) is 0.593. The monoisotopic (exact) mass is 259 g/mol. The molecule has 0 saturated heterocycles.